The second-order valence-electron chi connectivity index (χ2n) is 7.85. The Bertz CT molecular complexity index is 1500. The summed E-state index contributed by atoms with van der Waals surface area (Å²) in [5, 5.41) is 20.2. The Morgan fingerprint density at radius 3 is 2.33 bits per heavy atom. The van der Waals surface area contributed by atoms with Gasteiger partial charge in [-0.05, 0) is 36.2 Å². The van der Waals surface area contributed by atoms with Gasteiger partial charge in [-0.3, -0.25) is 9.59 Å². The summed E-state index contributed by atoms with van der Waals surface area (Å²) in [5.41, 5.74) is 2.72. The maximum atomic E-state index is 13.8. The lowest BCUT2D eigenvalue weighted by molar-refractivity contribution is 0.104. The maximum absolute atomic E-state index is 13.8. The second-order valence-corrected chi connectivity index (χ2v) is 7.85. The van der Waals surface area contributed by atoms with Crippen LogP contribution in [-0.4, -0.2) is 34.8 Å². The van der Waals surface area contributed by atoms with E-state index in [0.29, 0.717) is 39.9 Å². The van der Waals surface area contributed by atoms with E-state index in [9.17, 15) is 19.8 Å². The number of methoxy groups -OCH3 is 2. The van der Waals surface area contributed by atoms with Crippen molar-refractivity contribution >= 4 is 16.6 Å². The number of carbonyl (C=O) groups is 1. The number of hydrogen-bond acceptors (Lipinski definition) is 6. The summed E-state index contributed by atoms with van der Waals surface area (Å²) >= 11 is 0. The van der Waals surface area contributed by atoms with Gasteiger partial charge in [0, 0.05) is 23.1 Å². The number of aryl methyl sites for hydroxylation is 1. The molecule has 1 aliphatic carbocycles. The molecule has 3 aromatic carbocycles. The van der Waals surface area contributed by atoms with Gasteiger partial charge in [-0.2, -0.15) is 0 Å². The smallest absolute Gasteiger partial charge is 0.262 e. The molecule has 0 aliphatic heterocycles. The van der Waals surface area contributed by atoms with Gasteiger partial charge < -0.3 is 24.3 Å². The van der Waals surface area contributed by atoms with Gasteiger partial charge in [0.15, 0.2) is 28.8 Å². The molecule has 166 valence electrons. The third-order valence-electron chi connectivity index (χ3n) is 6.10. The Morgan fingerprint density at radius 2 is 1.64 bits per heavy atom. The van der Waals surface area contributed by atoms with Crippen molar-refractivity contribution in [3.05, 3.63) is 81.6 Å². The molecule has 1 aromatic heterocycles. The average Bonchev–Trinajstić information content (AvgIpc) is 3.13. The first-order valence-electron chi connectivity index (χ1n) is 10.4. The van der Waals surface area contributed by atoms with Crippen molar-refractivity contribution in [1.82, 2.24) is 4.57 Å². The largest absolute Gasteiger partial charge is 0.504 e. The van der Waals surface area contributed by atoms with Crippen molar-refractivity contribution < 1.29 is 24.5 Å². The molecule has 0 unspecified atom stereocenters. The monoisotopic (exact) mass is 443 g/mol. The Morgan fingerprint density at radius 1 is 0.879 bits per heavy atom. The van der Waals surface area contributed by atoms with E-state index >= 15 is 0 Å². The fourth-order valence-electron chi connectivity index (χ4n) is 4.56. The van der Waals surface area contributed by atoms with Gasteiger partial charge in [-0.1, -0.05) is 30.3 Å². The van der Waals surface area contributed by atoms with Crippen LogP contribution in [0.1, 0.15) is 21.5 Å². The number of aromatic hydroxyl groups is 2. The Kier molecular flexibility index (Phi) is 4.82. The van der Waals surface area contributed by atoms with Gasteiger partial charge in [-0.15, -0.1) is 0 Å². The standard InChI is InChI=1S/C26H21NO6/c1-32-20-10-8-17-21-23(15-5-3-4-6-16(15)24(21)30)27(26(31)22(17)25(20)33-2)12-11-14-7-9-18(28)19(29)13-14/h3-10,13,28-29H,11-12H2,1-2H3. The Balaban J connectivity index is 1.79. The number of aromatic nitrogens is 1. The average molecular weight is 443 g/mol. The van der Waals surface area contributed by atoms with E-state index < -0.39 is 0 Å². The normalized spacial score (nSPS) is 12.0. The third kappa shape index (κ3) is 3.04. The van der Waals surface area contributed by atoms with Crippen molar-refractivity contribution in [3.63, 3.8) is 0 Å². The molecule has 4 aromatic rings. The molecule has 7 heteroatoms. The zero-order valence-electron chi connectivity index (χ0n) is 18.1. The molecule has 7 nitrogen and oxygen atoms in total. The van der Waals surface area contributed by atoms with E-state index in [4.69, 9.17) is 9.47 Å². The lowest BCUT2D eigenvalue weighted by Gasteiger charge is -2.18. The molecular weight excluding hydrogens is 422 g/mol. The topological polar surface area (TPSA) is 98.0 Å². The number of nitrogens with zero attached hydrogens (tertiary/aromatic N) is 1. The van der Waals surface area contributed by atoms with E-state index in [2.05, 4.69) is 0 Å². The van der Waals surface area contributed by atoms with Gasteiger partial charge in [0.2, 0.25) is 0 Å². The molecular formula is C26H21NO6. The highest BCUT2D eigenvalue weighted by atomic mass is 16.5. The summed E-state index contributed by atoms with van der Waals surface area (Å²) in [6, 6.07) is 15.2. The number of hydrogen-bond donors (Lipinski definition) is 2. The van der Waals surface area contributed by atoms with Crippen LogP contribution in [0.3, 0.4) is 0 Å². The van der Waals surface area contributed by atoms with Crippen LogP contribution in [0.4, 0.5) is 0 Å². The molecule has 0 bridgehead atoms. The molecule has 0 radical (unpaired) electrons. The summed E-state index contributed by atoms with van der Waals surface area (Å²) in [6.45, 7) is 0.253. The minimum Gasteiger partial charge on any atom is -0.504 e. The number of rotatable bonds is 5. The van der Waals surface area contributed by atoms with Crippen molar-refractivity contribution in [2.24, 2.45) is 0 Å². The maximum Gasteiger partial charge on any atom is 0.262 e. The first-order chi connectivity index (χ1) is 16.0. The van der Waals surface area contributed by atoms with E-state index in [0.717, 1.165) is 5.56 Å². The molecule has 0 saturated heterocycles. The number of benzene rings is 3. The predicted molar refractivity (Wildman–Crippen MR) is 124 cm³/mol. The molecule has 1 aliphatic rings. The van der Waals surface area contributed by atoms with Gasteiger partial charge in [-0.25, -0.2) is 0 Å². The van der Waals surface area contributed by atoms with Crippen LogP contribution in [0.2, 0.25) is 0 Å². The second kappa shape index (κ2) is 7.70. The van der Waals surface area contributed by atoms with Crippen molar-refractivity contribution in [2.75, 3.05) is 14.2 Å². The van der Waals surface area contributed by atoms with E-state index in [-0.39, 0.29) is 40.5 Å². The fourth-order valence-corrected chi connectivity index (χ4v) is 4.56. The number of pyridine rings is 1. The summed E-state index contributed by atoms with van der Waals surface area (Å²) in [7, 11) is 2.96. The lowest BCUT2D eigenvalue weighted by atomic mass is 10.0. The van der Waals surface area contributed by atoms with Crippen LogP contribution < -0.4 is 15.0 Å². The van der Waals surface area contributed by atoms with E-state index in [1.807, 2.05) is 12.1 Å². The third-order valence-corrected chi connectivity index (χ3v) is 6.10. The summed E-state index contributed by atoms with van der Waals surface area (Å²) < 4.78 is 12.5. The van der Waals surface area contributed by atoms with Crippen LogP contribution in [0.25, 0.3) is 22.0 Å². The summed E-state index contributed by atoms with van der Waals surface area (Å²) in [6.07, 6.45) is 0.397. The van der Waals surface area contributed by atoms with E-state index in [1.165, 1.54) is 26.4 Å². The fraction of sp³-hybridized carbons (Fsp3) is 0.154. The zero-order valence-corrected chi connectivity index (χ0v) is 18.1. The molecule has 0 saturated carbocycles. The molecule has 0 amide bonds. The molecule has 5 rings (SSSR count). The van der Waals surface area contributed by atoms with Gasteiger partial charge in [0.25, 0.3) is 5.56 Å². The van der Waals surface area contributed by atoms with Crippen LogP contribution in [-0.2, 0) is 13.0 Å². The highest BCUT2D eigenvalue weighted by Crippen LogP contribution is 2.43. The summed E-state index contributed by atoms with van der Waals surface area (Å²) in [5.74, 6) is 0.103. The van der Waals surface area contributed by atoms with Crippen molar-refractivity contribution in [2.45, 2.75) is 13.0 Å². The molecule has 33 heavy (non-hydrogen) atoms. The number of phenolic OH excluding ortho intramolecular Hbond substituents is 2. The minimum absolute atomic E-state index is 0.145. The molecule has 0 atom stereocenters. The number of ketones is 1. The molecule has 1 heterocycles. The van der Waals surface area contributed by atoms with Gasteiger partial charge >= 0.3 is 0 Å². The first-order valence-corrected chi connectivity index (χ1v) is 10.4. The minimum atomic E-state index is -0.299. The SMILES string of the molecule is COc1ccc2c3c(n(CCc4ccc(O)c(O)c4)c(=O)c2c1OC)-c1ccccc1C3=O. The highest BCUT2D eigenvalue weighted by molar-refractivity contribution is 6.27. The number of phenols is 2. The number of fused-ring (bicyclic) bond motifs is 5. The van der Waals surface area contributed by atoms with E-state index in [1.54, 1.807) is 34.9 Å². The Hall–Kier alpha value is -4.26. The first kappa shape index (κ1) is 20.6. The van der Waals surface area contributed by atoms with Gasteiger partial charge in [0.1, 0.15) is 0 Å². The number of carbonyl (C=O) groups excluding carboxylic acids is 1. The molecule has 0 fully saturated rings. The van der Waals surface area contributed by atoms with Crippen LogP contribution >= 0.6 is 0 Å². The quantitative estimate of drug-likeness (QED) is 0.400. The number of ether oxygens (including phenoxy) is 2. The molecule has 0 spiro atoms. The zero-order chi connectivity index (χ0) is 23.3. The van der Waals surface area contributed by atoms with Crippen LogP contribution in [0, 0.1) is 0 Å². The van der Waals surface area contributed by atoms with Crippen molar-refractivity contribution in [1.29, 1.82) is 0 Å². The van der Waals surface area contributed by atoms with Gasteiger partial charge in [0.05, 0.1) is 30.9 Å². The predicted octanol–water partition coefficient (Wildman–Crippen LogP) is 3.88. The van der Waals surface area contributed by atoms with Crippen LogP contribution in [0.5, 0.6) is 23.0 Å². The molecule has 2 N–H and O–H groups in total. The van der Waals surface area contributed by atoms with Crippen molar-refractivity contribution in [3.8, 4) is 34.3 Å². The highest BCUT2D eigenvalue weighted by Gasteiger charge is 2.33. The Labute approximate surface area is 189 Å². The lowest BCUT2D eigenvalue weighted by Crippen LogP contribution is -2.25. The van der Waals surface area contributed by atoms with Crippen LogP contribution in [0.15, 0.2) is 59.4 Å². The summed E-state index contributed by atoms with van der Waals surface area (Å²) in [4.78, 5) is 27.2.